The lowest BCUT2D eigenvalue weighted by Gasteiger charge is -2.13. The molecule has 0 aliphatic heterocycles. The summed E-state index contributed by atoms with van der Waals surface area (Å²) in [5, 5.41) is 4.40. The van der Waals surface area contributed by atoms with Gasteiger partial charge in [-0.2, -0.15) is 0 Å². The van der Waals surface area contributed by atoms with Crippen molar-refractivity contribution < 1.29 is 14.3 Å². The Labute approximate surface area is 137 Å². The third-order valence-corrected chi connectivity index (χ3v) is 3.59. The van der Waals surface area contributed by atoms with Crippen LogP contribution in [0.15, 0.2) is 35.2 Å². The second-order valence-corrected chi connectivity index (χ2v) is 5.35. The van der Waals surface area contributed by atoms with E-state index in [1.807, 2.05) is 5.38 Å². The van der Waals surface area contributed by atoms with Gasteiger partial charge in [-0.25, -0.2) is 4.98 Å². The molecular weight excluding hydrogens is 314 g/mol. The van der Waals surface area contributed by atoms with E-state index in [1.54, 1.807) is 29.8 Å². The molecule has 0 radical (unpaired) electrons. The molecule has 0 saturated carbocycles. The molecule has 23 heavy (non-hydrogen) atoms. The second kappa shape index (κ2) is 7.96. The van der Waals surface area contributed by atoms with Gasteiger partial charge in [0.05, 0.1) is 11.2 Å². The van der Waals surface area contributed by atoms with Crippen LogP contribution in [0, 0.1) is 12.3 Å². The topological polar surface area (TPSA) is 94.3 Å². The average Bonchev–Trinajstić information content (AvgIpc) is 3.06. The summed E-state index contributed by atoms with van der Waals surface area (Å²) < 4.78 is 5.55. The number of nitrogens with two attached hydrogens (primary N) is 1. The molecule has 3 N–H and O–H groups in total. The van der Waals surface area contributed by atoms with Crippen LogP contribution in [0.3, 0.4) is 0 Å². The third-order valence-electron chi connectivity index (χ3n) is 2.96. The number of benzene rings is 1. The lowest BCUT2D eigenvalue weighted by atomic mass is 10.1. The van der Waals surface area contributed by atoms with Crippen molar-refractivity contribution in [1.29, 1.82) is 0 Å². The number of rotatable bonds is 7. The molecule has 0 aliphatic carbocycles. The molecule has 2 rings (SSSR count). The van der Waals surface area contributed by atoms with Gasteiger partial charge in [0.1, 0.15) is 18.4 Å². The summed E-state index contributed by atoms with van der Waals surface area (Å²) in [5.74, 6) is 1.83. The number of hydrogen-bond acceptors (Lipinski definition) is 5. The number of nitrogens with zero attached hydrogens (tertiary/aromatic N) is 1. The Bertz CT molecular complexity index is 705. The van der Waals surface area contributed by atoms with E-state index < -0.39 is 17.9 Å². The van der Waals surface area contributed by atoms with E-state index in [-0.39, 0.29) is 6.42 Å². The Morgan fingerprint density at radius 2 is 2.13 bits per heavy atom. The smallest absolute Gasteiger partial charge is 0.251 e. The number of aromatic nitrogens is 1. The molecule has 0 saturated heterocycles. The predicted molar refractivity (Wildman–Crippen MR) is 86.8 cm³/mol. The fourth-order valence-electron chi connectivity index (χ4n) is 1.75. The largest absolute Gasteiger partial charge is 0.487 e. The third kappa shape index (κ3) is 4.83. The van der Waals surface area contributed by atoms with Gasteiger partial charge < -0.3 is 15.8 Å². The first-order chi connectivity index (χ1) is 11.1. The maximum absolute atomic E-state index is 12.1. The number of terminal acetylenes is 1. The second-order valence-electron chi connectivity index (χ2n) is 4.63. The van der Waals surface area contributed by atoms with Crippen LogP contribution in [0.1, 0.15) is 22.5 Å². The molecule has 118 valence electrons. The lowest BCUT2D eigenvalue weighted by Crippen LogP contribution is -2.44. The van der Waals surface area contributed by atoms with E-state index in [9.17, 15) is 9.59 Å². The van der Waals surface area contributed by atoms with Gasteiger partial charge in [-0.1, -0.05) is 0 Å². The number of amides is 2. The van der Waals surface area contributed by atoms with Crippen molar-refractivity contribution in [2.75, 3.05) is 0 Å². The van der Waals surface area contributed by atoms with Crippen molar-refractivity contribution >= 4 is 23.2 Å². The molecular formula is C16H15N3O3S. The van der Waals surface area contributed by atoms with Crippen molar-refractivity contribution in [2.24, 2.45) is 5.73 Å². The van der Waals surface area contributed by atoms with Crippen molar-refractivity contribution in [3.05, 3.63) is 46.4 Å². The highest BCUT2D eigenvalue weighted by atomic mass is 32.1. The highest BCUT2D eigenvalue weighted by Crippen LogP contribution is 2.14. The zero-order valence-electron chi connectivity index (χ0n) is 12.2. The average molecular weight is 329 g/mol. The highest BCUT2D eigenvalue weighted by molar-refractivity contribution is 7.07. The van der Waals surface area contributed by atoms with Gasteiger partial charge in [-0.15, -0.1) is 23.7 Å². The molecule has 0 unspecified atom stereocenters. The Hall–Kier alpha value is -2.85. The predicted octanol–water partition coefficient (Wildman–Crippen LogP) is 1.33. The maximum Gasteiger partial charge on any atom is 0.251 e. The zero-order chi connectivity index (χ0) is 16.7. The number of thiazole rings is 1. The number of nitrogens with one attached hydrogen (secondary N) is 1. The van der Waals surface area contributed by atoms with Crippen molar-refractivity contribution in [2.45, 2.75) is 19.1 Å². The fourth-order valence-corrected chi connectivity index (χ4v) is 2.29. The minimum absolute atomic E-state index is 0.0515. The molecule has 2 amide bonds. The molecule has 1 atom stereocenters. The van der Waals surface area contributed by atoms with Crippen LogP contribution < -0.4 is 15.8 Å². The maximum atomic E-state index is 12.1. The zero-order valence-corrected chi connectivity index (χ0v) is 13.0. The van der Waals surface area contributed by atoms with Crippen LogP contribution in [0.2, 0.25) is 0 Å². The summed E-state index contributed by atoms with van der Waals surface area (Å²) in [6.07, 6.45) is 5.20. The minimum atomic E-state index is -0.881. The first-order valence-corrected chi connectivity index (χ1v) is 7.68. The van der Waals surface area contributed by atoms with E-state index in [2.05, 4.69) is 16.2 Å². The van der Waals surface area contributed by atoms with Crippen LogP contribution in [-0.4, -0.2) is 22.8 Å². The first kappa shape index (κ1) is 16.5. The number of primary amides is 1. The fraction of sp³-hybridized carbons (Fsp3) is 0.188. The summed E-state index contributed by atoms with van der Waals surface area (Å²) in [4.78, 5) is 27.4. The Balaban J connectivity index is 1.94. The van der Waals surface area contributed by atoms with Gasteiger partial charge in [0.15, 0.2) is 0 Å². The normalized spacial score (nSPS) is 11.3. The van der Waals surface area contributed by atoms with Gasteiger partial charge in [-0.05, 0) is 24.3 Å². The molecule has 1 heterocycles. The Morgan fingerprint density at radius 1 is 1.39 bits per heavy atom. The number of hydrogen-bond donors (Lipinski definition) is 2. The summed E-state index contributed by atoms with van der Waals surface area (Å²) in [5.41, 5.74) is 8.15. The summed E-state index contributed by atoms with van der Waals surface area (Å²) in [7, 11) is 0. The standard InChI is InChI=1S/C16H15N3O3S/c1-2-3-14(15(17)20)19-16(21)11-4-6-13(7-5-11)22-8-12-9-23-10-18-12/h1,4-7,9-10,14H,3,8H2,(H2,17,20)(H,19,21)/t14-/m0/s1. The highest BCUT2D eigenvalue weighted by Gasteiger charge is 2.17. The van der Waals surface area contributed by atoms with E-state index in [4.69, 9.17) is 16.9 Å². The molecule has 0 spiro atoms. The quantitative estimate of drug-likeness (QED) is 0.749. The van der Waals surface area contributed by atoms with E-state index >= 15 is 0 Å². The molecule has 6 nitrogen and oxygen atoms in total. The lowest BCUT2D eigenvalue weighted by molar-refractivity contribution is -0.119. The minimum Gasteiger partial charge on any atom is -0.487 e. The monoisotopic (exact) mass is 329 g/mol. The summed E-state index contributed by atoms with van der Waals surface area (Å²) >= 11 is 1.50. The van der Waals surface area contributed by atoms with Crippen molar-refractivity contribution in [3.8, 4) is 18.1 Å². The molecule has 7 heteroatoms. The Morgan fingerprint density at radius 3 is 2.70 bits per heavy atom. The summed E-state index contributed by atoms with van der Waals surface area (Å²) in [6.45, 7) is 0.362. The van der Waals surface area contributed by atoms with E-state index in [1.165, 1.54) is 11.3 Å². The van der Waals surface area contributed by atoms with Crippen molar-refractivity contribution in [1.82, 2.24) is 10.3 Å². The molecule has 0 aliphatic rings. The van der Waals surface area contributed by atoms with E-state index in [0.717, 1.165) is 5.69 Å². The van der Waals surface area contributed by atoms with Crippen LogP contribution in [0.4, 0.5) is 0 Å². The van der Waals surface area contributed by atoms with Crippen LogP contribution in [0.5, 0.6) is 5.75 Å². The molecule has 0 bridgehead atoms. The molecule has 2 aromatic rings. The number of ether oxygens (including phenoxy) is 1. The van der Waals surface area contributed by atoms with Gasteiger partial charge in [0.25, 0.3) is 5.91 Å². The molecule has 1 aromatic heterocycles. The van der Waals surface area contributed by atoms with Gasteiger partial charge >= 0.3 is 0 Å². The number of carbonyl (C=O) groups excluding carboxylic acids is 2. The van der Waals surface area contributed by atoms with Crippen molar-refractivity contribution in [3.63, 3.8) is 0 Å². The first-order valence-electron chi connectivity index (χ1n) is 6.73. The summed E-state index contributed by atoms with van der Waals surface area (Å²) in [6, 6.07) is 5.65. The van der Waals surface area contributed by atoms with Crippen LogP contribution in [0.25, 0.3) is 0 Å². The molecule has 0 fully saturated rings. The van der Waals surface area contributed by atoms with Gasteiger partial charge in [0, 0.05) is 17.4 Å². The van der Waals surface area contributed by atoms with Crippen LogP contribution in [-0.2, 0) is 11.4 Å². The van der Waals surface area contributed by atoms with Gasteiger partial charge in [-0.3, -0.25) is 9.59 Å². The van der Waals surface area contributed by atoms with Gasteiger partial charge in [0.2, 0.25) is 5.91 Å². The SMILES string of the molecule is C#CC[C@H](NC(=O)c1ccc(OCc2cscn2)cc1)C(N)=O. The number of carbonyl (C=O) groups is 2. The van der Waals surface area contributed by atoms with Crippen LogP contribution >= 0.6 is 11.3 Å². The molecule has 1 aromatic carbocycles. The Kier molecular flexibility index (Phi) is 5.72. The van der Waals surface area contributed by atoms with E-state index in [0.29, 0.717) is 17.9 Å².